The number of carbonyl (C=O) groups excluding carboxylic acids is 1. The van der Waals surface area contributed by atoms with Crippen molar-refractivity contribution in [2.45, 2.75) is 26.9 Å². The van der Waals surface area contributed by atoms with E-state index in [1.54, 1.807) is 12.1 Å². The van der Waals surface area contributed by atoms with Crippen LogP contribution in [-0.2, 0) is 9.53 Å². The molecule has 0 unspecified atom stereocenters. The molecule has 3 nitrogen and oxygen atoms in total. The number of ether oxygens (including phenoxy) is 1. The second kappa shape index (κ2) is 6.30. The van der Waals surface area contributed by atoms with Gasteiger partial charge in [-0.1, -0.05) is 11.6 Å². The van der Waals surface area contributed by atoms with Gasteiger partial charge < -0.3 is 10.1 Å². The van der Waals surface area contributed by atoms with Crippen molar-refractivity contribution >= 4 is 23.2 Å². The van der Waals surface area contributed by atoms with E-state index in [1.165, 1.54) is 12.3 Å². The highest BCUT2D eigenvalue weighted by Crippen LogP contribution is 2.19. The highest BCUT2D eigenvalue weighted by atomic mass is 35.5. The van der Waals surface area contributed by atoms with Crippen LogP contribution in [0.3, 0.4) is 0 Å². The molecule has 0 bridgehead atoms. The zero-order chi connectivity index (χ0) is 12.8. The number of carbonyl (C=O) groups is 1. The van der Waals surface area contributed by atoms with E-state index in [0.29, 0.717) is 10.7 Å². The Labute approximate surface area is 106 Å². The van der Waals surface area contributed by atoms with Gasteiger partial charge in [-0.2, -0.15) is 0 Å². The number of benzene rings is 1. The molecule has 0 aliphatic rings. The normalized spacial score (nSPS) is 10.9. The molecule has 4 heteroatoms. The van der Waals surface area contributed by atoms with Gasteiger partial charge >= 0.3 is 0 Å². The minimum absolute atomic E-state index is 0.0665. The molecule has 1 N–H and O–H groups in total. The standard InChI is InChI=1S/C13H16ClNO2/c1-9(2)17-7-6-13(16)15-11-4-5-12(14)10(3)8-11/h4-9H,1-3H3,(H,15,16). The predicted octanol–water partition coefficient (Wildman–Crippen LogP) is 3.53. The number of hydrogen-bond acceptors (Lipinski definition) is 2. The van der Waals surface area contributed by atoms with Crippen LogP contribution in [0, 0.1) is 6.92 Å². The molecule has 0 saturated carbocycles. The van der Waals surface area contributed by atoms with Crippen LogP contribution in [0.1, 0.15) is 19.4 Å². The third-order valence-electron chi connectivity index (χ3n) is 2.00. The third kappa shape index (κ3) is 4.91. The molecule has 0 fully saturated rings. The summed E-state index contributed by atoms with van der Waals surface area (Å²) >= 11 is 5.89. The quantitative estimate of drug-likeness (QED) is 0.659. The fourth-order valence-electron chi connectivity index (χ4n) is 1.16. The second-order valence-corrected chi connectivity index (χ2v) is 4.35. The molecular formula is C13H16ClNO2. The number of halogens is 1. The van der Waals surface area contributed by atoms with Crippen molar-refractivity contribution in [1.82, 2.24) is 0 Å². The summed E-state index contributed by atoms with van der Waals surface area (Å²) in [5.41, 5.74) is 1.64. The van der Waals surface area contributed by atoms with Gasteiger partial charge in [-0.25, -0.2) is 0 Å². The topological polar surface area (TPSA) is 38.3 Å². The molecule has 1 aromatic rings. The van der Waals surface area contributed by atoms with Crippen LogP contribution < -0.4 is 5.32 Å². The summed E-state index contributed by atoms with van der Waals surface area (Å²) in [6, 6.07) is 5.32. The summed E-state index contributed by atoms with van der Waals surface area (Å²) < 4.78 is 5.13. The highest BCUT2D eigenvalue weighted by molar-refractivity contribution is 6.31. The minimum atomic E-state index is -0.229. The Hall–Kier alpha value is -1.48. The third-order valence-corrected chi connectivity index (χ3v) is 2.42. The SMILES string of the molecule is Cc1cc(NC(=O)C=COC(C)C)ccc1Cl. The Kier molecular flexibility index (Phi) is 5.04. The number of nitrogens with one attached hydrogen (secondary N) is 1. The smallest absolute Gasteiger partial charge is 0.251 e. The van der Waals surface area contributed by atoms with Crippen molar-refractivity contribution in [1.29, 1.82) is 0 Å². The number of aryl methyl sites for hydroxylation is 1. The van der Waals surface area contributed by atoms with Crippen LogP contribution in [0.2, 0.25) is 5.02 Å². The molecule has 0 aromatic heterocycles. The fraction of sp³-hybridized carbons (Fsp3) is 0.308. The van der Waals surface area contributed by atoms with Gasteiger partial charge in [0.2, 0.25) is 0 Å². The van der Waals surface area contributed by atoms with Crippen molar-refractivity contribution in [3.05, 3.63) is 41.1 Å². The van der Waals surface area contributed by atoms with Crippen molar-refractivity contribution in [2.75, 3.05) is 5.32 Å². The van der Waals surface area contributed by atoms with Gasteiger partial charge in [-0.05, 0) is 44.5 Å². The molecule has 92 valence electrons. The van der Waals surface area contributed by atoms with Crippen LogP contribution in [0.15, 0.2) is 30.5 Å². The Bertz CT molecular complexity index is 427. The van der Waals surface area contributed by atoms with Gasteiger partial charge in [0, 0.05) is 16.8 Å². The molecule has 0 saturated heterocycles. The van der Waals surface area contributed by atoms with E-state index in [4.69, 9.17) is 16.3 Å². The summed E-state index contributed by atoms with van der Waals surface area (Å²) in [5.74, 6) is -0.229. The first-order valence-corrected chi connectivity index (χ1v) is 5.76. The van der Waals surface area contributed by atoms with Gasteiger partial charge in [-0.15, -0.1) is 0 Å². The Morgan fingerprint density at radius 2 is 2.18 bits per heavy atom. The first-order valence-electron chi connectivity index (χ1n) is 5.38. The summed E-state index contributed by atoms with van der Waals surface area (Å²) in [5, 5.41) is 3.40. The molecule has 0 spiro atoms. The lowest BCUT2D eigenvalue weighted by Crippen LogP contribution is -2.08. The maximum atomic E-state index is 11.5. The van der Waals surface area contributed by atoms with Gasteiger partial charge in [0.05, 0.1) is 12.4 Å². The Morgan fingerprint density at radius 3 is 2.76 bits per heavy atom. The zero-order valence-corrected chi connectivity index (χ0v) is 10.9. The van der Waals surface area contributed by atoms with Crippen LogP contribution in [0.4, 0.5) is 5.69 Å². The molecule has 0 aliphatic carbocycles. The van der Waals surface area contributed by atoms with E-state index in [0.717, 1.165) is 5.56 Å². The number of amides is 1. The van der Waals surface area contributed by atoms with Gasteiger partial charge in [-0.3, -0.25) is 4.79 Å². The largest absolute Gasteiger partial charge is 0.498 e. The van der Waals surface area contributed by atoms with Crippen molar-refractivity contribution in [3.63, 3.8) is 0 Å². The first kappa shape index (κ1) is 13.6. The lowest BCUT2D eigenvalue weighted by molar-refractivity contribution is -0.112. The van der Waals surface area contributed by atoms with Crippen LogP contribution in [0.25, 0.3) is 0 Å². The van der Waals surface area contributed by atoms with E-state index in [9.17, 15) is 4.79 Å². The maximum Gasteiger partial charge on any atom is 0.251 e. The fourth-order valence-corrected chi connectivity index (χ4v) is 1.28. The monoisotopic (exact) mass is 253 g/mol. The number of rotatable bonds is 4. The van der Waals surface area contributed by atoms with E-state index >= 15 is 0 Å². The molecule has 1 rings (SSSR count). The first-order chi connectivity index (χ1) is 7.99. The van der Waals surface area contributed by atoms with Crippen LogP contribution in [0.5, 0.6) is 0 Å². The maximum absolute atomic E-state index is 11.5. The average molecular weight is 254 g/mol. The van der Waals surface area contributed by atoms with Crippen molar-refractivity contribution < 1.29 is 9.53 Å². The molecule has 0 atom stereocenters. The Balaban J connectivity index is 2.56. The van der Waals surface area contributed by atoms with Gasteiger partial charge in [0.15, 0.2) is 0 Å². The van der Waals surface area contributed by atoms with Gasteiger partial charge in [0.25, 0.3) is 5.91 Å². The molecule has 1 amide bonds. The second-order valence-electron chi connectivity index (χ2n) is 3.94. The molecule has 0 aliphatic heterocycles. The Morgan fingerprint density at radius 1 is 1.47 bits per heavy atom. The van der Waals surface area contributed by atoms with E-state index in [2.05, 4.69) is 5.32 Å². The zero-order valence-electron chi connectivity index (χ0n) is 10.2. The van der Waals surface area contributed by atoms with E-state index in [1.807, 2.05) is 26.8 Å². The number of hydrogen-bond donors (Lipinski definition) is 1. The van der Waals surface area contributed by atoms with Gasteiger partial charge in [0.1, 0.15) is 0 Å². The summed E-state index contributed by atoms with van der Waals surface area (Å²) in [6.07, 6.45) is 2.81. The molecule has 1 aromatic carbocycles. The lowest BCUT2D eigenvalue weighted by atomic mass is 10.2. The van der Waals surface area contributed by atoms with Crippen LogP contribution in [-0.4, -0.2) is 12.0 Å². The highest BCUT2D eigenvalue weighted by Gasteiger charge is 2.00. The summed E-state index contributed by atoms with van der Waals surface area (Å²) in [4.78, 5) is 11.5. The van der Waals surface area contributed by atoms with Crippen LogP contribution >= 0.6 is 11.6 Å². The van der Waals surface area contributed by atoms with E-state index < -0.39 is 0 Å². The van der Waals surface area contributed by atoms with E-state index in [-0.39, 0.29) is 12.0 Å². The molecule has 17 heavy (non-hydrogen) atoms. The number of anilines is 1. The minimum Gasteiger partial charge on any atom is -0.498 e. The molecule has 0 radical (unpaired) electrons. The molecule has 0 heterocycles. The summed E-state index contributed by atoms with van der Waals surface area (Å²) in [6.45, 7) is 5.67. The van der Waals surface area contributed by atoms with Crippen molar-refractivity contribution in [2.24, 2.45) is 0 Å². The summed E-state index contributed by atoms with van der Waals surface area (Å²) in [7, 11) is 0. The lowest BCUT2D eigenvalue weighted by Gasteiger charge is -2.05. The average Bonchev–Trinajstić information content (AvgIpc) is 2.23. The predicted molar refractivity (Wildman–Crippen MR) is 70.2 cm³/mol. The van der Waals surface area contributed by atoms with Crippen molar-refractivity contribution in [3.8, 4) is 0 Å². The molecular weight excluding hydrogens is 238 g/mol.